The standard InChI is InChI=1S/H4N2O2S2/c1-6(3,4)2-5/h2,5H,(H2,1,3,4). The number of rotatable bonds is 1. The molecule has 0 aliphatic rings. The van der Waals surface area contributed by atoms with Crippen molar-refractivity contribution >= 4 is 23.0 Å². The molecule has 0 saturated heterocycles. The zero-order valence-corrected chi connectivity index (χ0v) is 4.46. The van der Waals surface area contributed by atoms with Crippen LogP contribution in [0.3, 0.4) is 0 Å². The fraction of sp³-hybridized carbons (Fsp3) is 0. The summed E-state index contributed by atoms with van der Waals surface area (Å²) in [7, 11) is -3.55. The molecule has 38 valence electrons. The zero-order chi connectivity index (χ0) is 5.21. The lowest BCUT2D eigenvalue weighted by Crippen LogP contribution is -2.22. The van der Waals surface area contributed by atoms with Crippen molar-refractivity contribution in [2.45, 2.75) is 0 Å². The Morgan fingerprint density at radius 2 is 1.83 bits per heavy atom. The molecule has 0 rings (SSSR count). The van der Waals surface area contributed by atoms with Gasteiger partial charge in [-0.05, 0) is 0 Å². The van der Waals surface area contributed by atoms with E-state index in [0.717, 1.165) is 0 Å². The van der Waals surface area contributed by atoms with E-state index in [2.05, 4.69) is 18.0 Å². The van der Waals surface area contributed by atoms with E-state index in [1.807, 2.05) is 0 Å². The van der Waals surface area contributed by atoms with Gasteiger partial charge in [0.2, 0.25) is 0 Å². The SMILES string of the molecule is NS(=O)(=O)NS. The Balaban J connectivity index is 3.85. The van der Waals surface area contributed by atoms with E-state index in [0.29, 0.717) is 0 Å². The lowest BCUT2D eigenvalue weighted by atomic mass is 13.9. The molecule has 0 saturated carbocycles. The maximum Gasteiger partial charge on any atom is 0.283 e. The van der Waals surface area contributed by atoms with Crippen LogP contribution in [0.25, 0.3) is 0 Å². The highest BCUT2D eigenvalue weighted by molar-refractivity contribution is 7.99. The van der Waals surface area contributed by atoms with Crippen molar-refractivity contribution in [3.05, 3.63) is 0 Å². The first kappa shape index (κ1) is 6.22. The van der Waals surface area contributed by atoms with Crippen molar-refractivity contribution in [1.29, 1.82) is 0 Å². The van der Waals surface area contributed by atoms with Crippen LogP contribution in [-0.4, -0.2) is 8.42 Å². The maximum absolute atomic E-state index is 9.59. The highest BCUT2D eigenvalue weighted by atomic mass is 32.3. The Labute approximate surface area is 41.5 Å². The van der Waals surface area contributed by atoms with Gasteiger partial charge in [0, 0.05) is 0 Å². The smallest absolute Gasteiger partial charge is 0.215 e. The van der Waals surface area contributed by atoms with Crippen LogP contribution in [0.1, 0.15) is 0 Å². The van der Waals surface area contributed by atoms with Gasteiger partial charge in [-0.25, -0.2) is 5.14 Å². The molecular weight excluding hydrogens is 124 g/mol. The molecule has 0 spiro atoms. The summed E-state index contributed by atoms with van der Waals surface area (Å²) in [6.45, 7) is 0. The topological polar surface area (TPSA) is 72.2 Å². The molecule has 0 heterocycles. The van der Waals surface area contributed by atoms with Crippen LogP contribution in [0.15, 0.2) is 0 Å². The lowest BCUT2D eigenvalue weighted by molar-refractivity contribution is 0.596. The monoisotopic (exact) mass is 128 g/mol. The van der Waals surface area contributed by atoms with E-state index in [4.69, 9.17) is 0 Å². The van der Waals surface area contributed by atoms with Crippen LogP contribution >= 0.6 is 12.8 Å². The molecule has 0 aromatic carbocycles. The first-order valence-electron chi connectivity index (χ1n) is 0.997. The summed E-state index contributed by atoms with van der Waals surface area (Å²) in [5, 5.41) is 4.32. The summed E-state index contributed by atoms with van der Waals surface area (Å²) in [5.74, 6) is 0. The lowest BCUT2D eigenvalue weighted by Gasteiger charge is -1.84. The highest BCUT2D eigenvalue weighted by Gasteiger charge is 1.89. The van der Waals surface area contributed by atoms with Crippen molar-refractivity contribution in [3.8, 4) is 0 Å². The van der Waals surface area contributed by atoms with E-state index >= 15 is 0 Å². The molecule has 6 heavy (non-hydrogen) atoms. The third-order valence-corrected chi connectivity index (χ3v) is 1.15. The average Bonchev–Trinajstić information content (AvgIpc) is 1.35. The largest absolute Gasteiger partial charge is 0.283 e. The minimum Gasteiger partial charge on any atom is -0.215 e. The van der Waals surface area contributed by atoms with Crippen LogP contribution in [0.4, 0.5) is 0 Å². The Morgan fingerprint density at radius 1 is 1.67 bits per heavy atom. The van der Waals surface area contributed by atoms with Gasteiger partial charge >= 0.3 is 0 Å². The zero-order valence-electron chi connectivity index (χ0n) is 2.75. The molecule has 0 aromatic heterocycles. The van der Waals surface area contributed by atoms with Crippen LogP contribution in [0, 0.1) is 0 Å². The van der Waals surface area contributed by atoms with Crippen LogP contribution in [0.5, 0.6) is 0 Å². The fourth-order valence-electron chi connectivity index (χ4n) is 0. The molecule has 4 nitrogen and oxygen atoms in total. The second-order valence-electron chi connectivity index (χ2n) is 0.636. The predicted octanol–water partition coefficient (Wildman–Crippen LogP) is -1.38. The molecule has 0 aromatic rings. The second kappa shape index (κ2) is 1.78. The fourth-order valence-corrected chi connectivity index (χ4v) is 0. The summed E-state index contributed by atoms with van der Waals surface area (Å²) in [6.07, 6.45) is 0. The first-order valence-corrected chi connectivity index (χ1v) is 2.99. The molecule has 0 bridgehead atoms. The van der Waals surface area contributed by atoms with Gasteiger partial charge in [-0.3, -0.25) is 0 Å². The van der Waals surface area contributed by atoms with Crippen molar-refractivity contribution in [2.75, 3.05) is 0 Å². The van der Waals surface area contributed by atoms with Crippen molar-refractivity contribution in [1.82, 2.24) is 4.13 Å². The van der Waals surface area contributed by atoms with Crippen LogP contribution in [-0.2, 0) is 10.2 Å². The summed E-state index contributed by atoms with van der Waals surface area (Å²) in [4.78, 5) is 0. The van der Waals surface area contributed by atoms with Gasteiger partial charge in [0.1, 0.15) is 0 Å². The summed E-state index contributed by atoms with van der Waals surface area (Å²) in [6, 6.07) is 0. The number of thiol groups is 1. The van der Waals surface area contributed by atoms with E-state index in [-0.39, 0.29) is 0 Å². The summed E-state index contributed by atoms with van der Waals surface area (Å²) >= 11 is 3.14. The second-order valence-corrected chi connectivity index (χ2v) is 2.46. The minimum absolute atomic E-state index is 1.55. The van der Waals surface area contributed by atoms with Crippen molar-refractivity contribution < 1.29 is 8.42 Å². The summed E-state index contributed by atoms with van der Waals surface area (Å²) in [5.41, 5.74) is 0. The maximum atomic E-state index is 9.59. The van der Waals surface area contributed by atoms with Gasteiger partial charge in [0.15, 0.2) is 0 Å². The molecule has 0 atom stereocenters. The molecule has 0 aliphatic carbocycles. The third kappa shape index (κ3) is 4.22. The van der Waals surface area contributed by atoms with Crippen LogP contribution in [0.2, 0.25) is 0 Å². The van der Waals surface area contributed by atoms with E-state index in [1.54, 1.807) is 4.13 Å². The van der Waals surface area contributed by atoms with Crippen LogP contribution < -0.4 is 9.27 Å². The quantitative estimate of drug-likeness (QED) is 0.381. The molecular formula is H4N2O2S2. The van der Waals surface area contributed by atoms with Gasteiger partial charge in [0.05, 0.1) is 0 Å². The number of nitrogens with one attached hydrogen (secondary N) is 1. The Hall–Kier alpha value is 0.220. The number of hydrogen-bond acceptors (Lipinski definition) is 3. The average molecular weight is 128 g/mol. The highest BCUT2D eigenvalue weighted by Crippen LogP contribution is 1.64. The molecule has 3 N–H and O–H groups in total. The number of nitrogens with two attached hydrogens (primary N) is 1. The Bertz CT molecular complexity index is 112. The minimum atomic E-state index is -3.55. The third-order valence-electron chi connectivity index (χ3n) is 0.127. The molecule has 6 heteroatoms. The molecule has 0 fully saturated rings. The molecule has 0 amide bonds. The van der Waals surface area contributed by atoms with E-state index in [1.165, 1.54) is 0 Å². The first-order chi connectivity index (χ1) is 2.56. The normalized spacial score (nSPS) is 11.7. The Kier molecular flexibility index (Phi) is 1.85. The molecule has 0 radical (unpaired) electrons. The van der Waals surface area contributed by atoms with Gasteiger partial charge < -0.3 is 0 Å². The Morgan fingerprint density at radius 3 is 1.83 bits per heavy atom. The molecule has 0 aliphatic heterocycles. The van der Waals surface area contributed by atoms with E-state index in [9.17, 15) is 8.42 Å². The van der Waals surface area contributed by atoms with E-state index < -0.39 is 10.2 Å². The van der Waals surface area contributed by atoms with Crippen molar-refractivity contribution in [2.24, 2.45) is 5.14 Å². The molecule has 0 unspecified atom stereocenters. The predicted molar refractivity (Wildman–Crippen MR) is 25.2 cm³/mol. The van der Waals surface area contributed by atoms with Crippen molar-refractivity contribution in [3.63, 3.8) is 0 Å². The van der Waals surface area contributed by atoms with Gasteiger partial charge in [-0.2, -0.15) is 8.42 Å². The summed E-state index contributed by atoms with van der Waals surface area (Å²) < 4.78 is 20.7. The van der Waals surface area contributed by atoms with Gasteiger partial charge in [-0.15, -0.1) is 4.13 Å². The number of hydrogen-bond donors (Lipinski definition) is 3. The van der Waals surface area contributed by atoms with Gasteiger partial charge in [-0.1, -0.05) is 12.8 Å². The van der Waals surface area contributed by atoms with Gasteiger partial charge in [0.25, 0.3) is 10.2 Å².